The Morgan fingerprint density at radius 2 is 2.00 bits per heavy atom. The summed E-state index contributed by atoms with van der Waals surface area (Å²) in [6.45, 7) is 4.09. The summed E-state index contributed by atoms with van der Waals surface area (Å²) in [5.41, 5.74) is 4.52. The number of likely N-dealkylation sites (N-methyl/N-ethyl adjacent to an activating group) is 1. The molecular formula is C14H18N2O. The highest BCUT2D eigenvalue weighted by Crippen LogP contribution is 2.24. The number of nitrogens with one attached hydrogen (secondary N) is 1. The first-order chi connectivity index (χ1) is 7.99. The van der Waals surface area contributed by atoms with Crippen LogP contribution >= 0.6 is 0 Å². The molecule has 0 saturated heterocycles. The second-order valence-electron chi connectivity index (χ2n) is 4.74. The molecule has 1 aromatic heterocycles. The number of fused-ring (bicyclic) bond motifs is 1. The van der Waals surface area contributed by atoms with Gasteiger partial charge in [0, 0.05) is 30.7 Å². The summed E-state index contributed by atoms with van der Waals surface area (Å²) >= 11 is 0. The topological polar surface area (TPSA) is 36.1 Å². The average molecular weight is 230 g/mol. The van der Waals surface area contributed by atoms with E-state index >= 15 is 0 Å². The maximum absolute atomic E-state index is 11.8. The summed E-state index contributed by atoms with van der Waals surface area (Å²) in [7, 11) is 3.58. The number of benzene rings is 1. The molecule has 17 heavy (non-hydrogen) atoms. The quantitative estimate of drug-likeness (QED) is 0.845. The molecule has 0 bridgehead atoms. The van der Waals surface area contributed by atoms with Crippen LogP contribution in [0, 0.1) is 13.8 Å². The van der Waals surface area contributed by atoms with E-state index in [2.05, 4.69) is 30.1 Å². The number of nitrogens with zero attached hydrogens (tertiary/aromatic N) is 1. The molecule has 0 saturated carbocycles. The zero-order valence-electron chi connectivity index (χ0n) is 10.8. The molecule has 0 atom stereocenters. The summed E-state index contributed by atoms with van der Waals surface area (Å²) in [4.78, 5) is 16.8. The predicted molar refractivity (Wildman–Crippen MR) is 70.2 cm³/mol. The molecule has 1 aromatic carbocycles. The van der Waals surface area contributed by atoms with Gasteiger partial charge in [-0.1, -0.05) is 11.6 Å². The maximum atomic E-state index is 11.8. The maximum Gasteiger partial charge on any atom is 0.226 e. The minimum absolute atomic E-state index is 0.135. The monoisotopic (exact) mass is 230 g/mol. The Bertz CT molecular complexity index is 567. The van der Waals surface area contributed by atoms with E-state index in [1.165, 1.54) is 5.56 Å². The Labute approximate surface area is 101 Å². The third-order valence-corrected chi connectivity index (χ3v) is 3.10. The fourth-order valence-electron chi connectivity index (χ4n) is 2.03. The minimum Gasteiger partial charge on any atom is -0.358 e. The van der Waals surface area contributed by atoms with Crippen LogP contribution in [0.25, 0.3) is 10.9 Å². The lowest BCUT2D eigenvalue weighted by atomic mass is 10.1. The van der Waals surface area contributed by atoms with E-state index in [4.69, 9.17) is 0 Å². The summed E-state index contributed by atoms with van der Waals surface area (Å²) < 4.78 is 0. The second-order valence-corrected chi connectivity index (χ2v) is 4.74. The zero-order valence-corrected chi connectivity index (χ0v) is 10.8. The van der Waals surface area contributed by atoms with Crippen LogP contribution < -0.4 is 0 Å². The van der Waals surface area contributed by atoms with Gasteiger partial charge >= 0.3 is 0 Å². The lowest BCUT2D eigenvalue weighted by Crippen LogP contribution is -2.23. The highest BCUT2D eigenvalue weighted by Gasteiger charge is 2.13. The van der Waals surface area contributed by atoms with Gasteiger partial charge in [0.05, 0.1) is 6.42 Å². The Kier molecular flexibility index (Phi) is 2.92. The number of carbonyl (C=O) groups is 1. The van der Waals surface area contributed by atoms with Crippen molar-refractivity contribution in [2.75, 3.05) is 14.1 Å². The van der Waals surface area contributed by atoms with E-state index in [0.29, 0.717) is 6.42 Å². The predicted octanol–water partition coefficient (Wildman–Crippen LogP) is 2.42. The molecule has 2 aromatic rings. The van der Waals surface area contributed by atoms with Gasteiger partial charge in [0.1, 0.15) is 0 Å². The number of H-pyrrole nitrogens is 1. The average Bonchev–Trinajstić information content (AvgIpc) is 2.55. The lowest BCUT2D eigenvalue weighted by Gasteiger charge is -2.10. The van der Waals surface area contributed by atoms with Crippen LogP contribution in [0.3, 0.4) is 0 Å². The van der Waals surface area contributed by atoms with Gasteiger partial charge in [-0.05, 0) is 31.5 Å². The van der Waals surface area contributed by atoms with Crippen LogP contribution in [0.5, 0.6) is 0 Å². The number of aromatic amines is 1. The first kappa shape index (κ1) is 11.7. The van der Waals surface area contributed by atoms with Crippen molar-refractivity contribution in [1.82, 2.24) is 9.88 Å². The molecule has 0 fully saturated rings. The van der Waals surface area contributed by atoms with Gasteiger partial charge in [0.15, 0.2) is 0 Å². The SMILES string of the molecule is Cc1ccc2[nH]c(C)c(CC(=O)N(C)C)c2c1. The number of hydrogen-bond donors (Lipinski definition) is 1. The molecule has 3 heteroatoms. The first-order valence-electron chi connectivity index (χ1n) is 5.77. The van der Waals surface area contributed by atoms with Crippen molar-refractivity contribution >= 4 is 16.8 Å². The molecule has 0 aliphatic heterocycles. The van der Waals surface area contributed by atoms with E-state index in [0.717, 1.165) is 22.2 Å². The lowest BCUT2D eigenvalue weighted by molar-refractivity contribution is -0.127. The number of aromatic nitrogens is 1. The van der Waals surface area contributed by atoms with Crippen LogP contribution in [-0.2, 0) is 11.2 Å². The van der Waals surface area contributed by atoms with Gasteiger partial charge in [0.25, 0.3) is 0 Å². The summed E-state index contributed by atoms with van der Waals surface area (Å²) in [6.07, 6.45) is 0.461. The van der Waals surface area contributed by atoms with E-state index in [9.17, 15) is 4.79 Å². The van der Waals surface area contributed by atoms with Crippen molar-refractivity contribution in [3.8, 4) is 0 Å². The molecule has 90 valence electrons. The van der Waals surface area contributed by atoms with Crippen molar-refractivity contribution in [2.45, 2.75) is 20.3 Å². The van der Waals surface area contributed by atoms with Gasteiger partial charge in [-0.25, -0.2) is 0 Å². The molecule has 1 N–H and O–H groups in total. The van der Waals surface area contributed by atoms with Gasteiger partial charge in [-0.15, -0.1) is 0 Å². The zero-order chi connectivity index (χ0) is 12.6. The molecule has 0 radical (unpaired) electrons. The molecule has 1 heterocycles. The molecule has 0 spiro atoms. The van der Waals surface area contributed by atoms with E-state index in [1.54, 1.807) is 19.0 Å². The second kappa shape index (κ2) is 4.24. The number of carbonyl (C=O) groups excluding carboxylic acids is 1. The molecular weight excluding hydrogens is 212 g/mol. The number of amides is 1. The Balaban J connectivity index is 2.48. The Hall–Kier alpha value is -1.77. The summed E-state index contributed by atoms with van der Waals surface area (Å²) in [5, 5.41) is 1.16. The standard InChI is InChI=1S/C14H18N2O/c1-9-5-6-13-12(7-9)11(10(2)15-13)8-14(17)16(3)4/h5-7,15H,8H2,1-4H3. The smallest absolute Gasteiger partial charge is 0.226 e. The Morgan fingerprint density at radius 3 is 2.65 bits per heavy atom. The molecule has 3 nitrogen and oxygen atoms in total. The number of aryl methyl sites for hydroxylation is 2. The van der Waals surface area contributed by atoms with Gasteiger partial charge in [0.2, 0.25) is 5.91 Å². The minimum atomic E-state index is 0.135. The molecule has 0 aliphatic rings. The third-order valence-electron chi connectivity index (χ3n) is 3.10. The first-order valence-corrected chi connectivity index (χ1v) is 5.77. The van der Waals surface area contributed by atoms with Crippen molar-refractivity contribution in [2.24, 2.45) is 0 Å². The summed E-state index contributed by atoms with van der Waals surface area (Å²) in [6, 6.07) is 6.29. The van der Waals surface area contributed by atoms with Crippen LogP contribution in [0.1, 0.15) is 16.8 Å². The van der Waals surface area contributed by atoms with Crippen LogP contribution in [0.2, 0.25) is 0 Å². The van der Waals surface area contributed by atoms with Crippen molar-refractivity contribution in [3.63, 3.8) is 0 Å². The fraction of sp³-hybridized carbons (Fsp3) is 0.357. The fourth-order valence-corrected chi connectivity index (χ4v) is 2.03. The van der Waals surface area contributed by atoms with Crippen LogP contribution in [-0.4, -0.2) is 29.9 Å². The van der Waals surface area contributed by atoms with Crippen LogP contribution in [0.4, 0.5) is 0 Å². The molecule has 0 aliphatic carbocycles. The van der Waals surface area contributed by atoms with Gasteiger partial charge in [-0.3, -0.25) is 4.79 Å². The Morgan fingerprint density at radius 1 is 1.29 bits per heavy atom. The molecule has 0 unspecified atom stereocenters. The van der Waals surface area contributed by atoms with E-state index in [1.807, 2.05) is 6.92 Å². The van der Waals surface area contributed by atoms with E-state index < -0.39 is 0 Å². The van der Waals surface area contributed by atoms with Crippen molar-refractivity contribution in [3.05, 3.63) is 35.0 Å². The van der Waals surface area contributed by atoms with Gasteiger partial charge < -0.3 is 9.88 Å². The largest absolute Gasteiger partial charge is 0.358 e. The van der Waals surface area contributed by atoms with Crippen molar-refractivity contribution in [1.29, 1.82) is 0 Å². The highest BCUT2D eigenvalue weighted by molar-refractivity contribution is 5.90. The van der Waals surface area contributed by atoms with E-state index in [-0.39, 0.29) is 5.91 Å². The molecule has 2 rings (SSSR count). The molecule has 1 amide bonds. The van der Waals surface area contributed by atoms with Crippen LogP contribution in [0.15, 0.2) is 18.2 Å². The summed E-state index contributed by atoms with van der Waals surface area (Å²) in [5.74, 6) is 0.135. The third kappa shape index (κ3) is 2.18. The normalized spacial score (nSPS) is 10.8. The highest BCUT2D eigenvalue weighted by atomic mass is 16.2. The van der Waals surface area contributed by atoms with Crippen molar-refractivity contribution < 1.29 is 4.79 Å². The van der Waals surface area contributed by atoms with Gasteiger partial charge in [-0.2, -0.15) is 0 Å². The number of hydrogen-bond acceptors (Lipinski definition) is 1. The number of rotatable bonds is 2.